The van der Waals surface area contributed by atoms with E-state index in [1.807, 2.05) is 31.2 Å². The highest BCUT2D eigenvalue weighted by Crippen LogP contribution is 2.23. The van der Waals surface area contributed by atoms with Crippen molar-refractivity contribution in [3.8, 4) is 5.75 Å². The van der Waals surface area contributed by atoms with Crippen LogP contribution < -0.4 is 10.5 Å². The average molecular weight is 227 g/mol. The van der Waals surface area contributed by atoms with Crippen LogP contribution in [0.5, 0.6) is 5.75 Å². The molecule has 1 unspecified atom stereocenters. The smallest absolute Gasteiger partial charge is 0.118 e. The van der Waals surface area contributed by atoms with Crippen LogP contribution in [-0.2, 0) is 0 Å². The van der Waals surface area contributed by atoms with Gasteiger partial charge < -0.3 is 15.6 Å². The molecule has 0 fully saturated rings. The molecule has 0 bridgehead atoms. The van der Waals surface area contributed by atoms with Crippen LogP contribution in [0.2, 0.25) is 0 Å². The van der Waals surface area contributed by atoms with Crippen LogP contribution in [0, 0.1) is 0 Å². The van der Waals surface area contributed by atoms with Crippen molar-refractivity contribution in [3.05, 3.63) is 24.3 Å². The molecule has 3 N–H and O–H groups in total. The Morgan fingerprint density at radius 3 is 2.47 bits per heavy atom. The zero-order valence-electron chi connectivity index (χ0n) is 9.06. The minimum atomic E-state index is -0.523. The summed E-state index contributed by atoms with van der Waals surface area (Å²) in [7, 11) is 1.64. The fourth-order valence-corrected chi connectivity index (χ4v) is 1.88. The summed E-state index contributed by atoms with van der Waals surface area (Å²) in [5.74, 6) is 1.53. The maximum Gasteiger partial charge on any atom is 0.118 e. The van der Waals surface area contributed by atoms with Gasteiger partial charge in [-0.05, 0) is 31.2 Å². The summed E-state index contributed by atoms with van der Waals surface area (Å²) < 4.78 is 5.06. The highest BCUT2D eigenvalue weighted by Gasteiger charge is 2.16. The van der Waals surface area contributed by atoms with E-state index in [0.717, 1.165) is 10.6 Å². The number of benzene rings is 1. The largest absolute Gasteiger partial charge is 0.497 e. The lowest BCUT2D eigenvalue weighted by molar-refractivity contribution is 0.224. The Labute approximate surface area is 94.6 Å². The van der Waals surface area contributed by atoms with Gasteiger partial charge in [-0.3, -0.25) is 0 Å². The number of ether oxygens (including phenoxy) is 1. The number of methoxy groups -OCH3 is 1. The molecule has 84 valence electrons. The van der Waals surface area contributed by atoms with Gasteiger partial charge in [0, 0.05) is 16.2 Å². The number of nitrogens with two attached hydrogens (primary N) is 1. The van der Waals surface area contributed by atoms with Crippen molar-refractivity contribution in [1.29, 1.82) is 0 Å². The summed E-state index contributed by atoms with van der Waals surface area (Å²) in [4.78, 5) is 1.13. The predicted octanol–water partition coefficient (Wildman–Crippen LogP) is 1.50. The second-order valence-corrected chi connectivity index (χ2v) is 4.83. The van der Waals surface area contributed by atoms with Crippen LogP contribution in [0.3, 0.4) is 0 Å². The first-order chi connectivity index (χ1) is 7.07. The van der Waals surface area contributed by atoms with Crippen molar-refractivity contribution in [2.45, 2.75) is 17.4 Å². The molecule has 0 amide bonds. The Hall–Kier alpha value is -0.710. The van der Waals surface area contributed by atoms with Gasteiger partial charge in [-0.2, -0.15) is 0 Å². The normalized spacial score (nSPS) is 14.7. The second kappa shape index (κ2) is 5.39. The lowest BCUT2D eigenvalue weighted by Crippen LogP contribution is -2.42. The number of hydrogen-bond acceptors (Lipinski definition) is 4. The molecule has 0 radical (unpaired) electrons. The fraction of sp³-hybridized carbons (Fsp3) is 0.455. The maximum absolute atomic E-state index is 9.00. The van der Waals surface area contributed by atoms with Crippen LogP contribution >= 0.6 is 11.8 Å². The third-order valence-electron chi connectivity index (χ3n) is 1.99. The van der Waals surface area contributed by atoms with E-state index < -0.39 is 5.54 Å². The zero-order valence-corrected chi connectivity index (χ0v) is 9.88. The van der Waals surface area contributed by atoms with E-state index in [-0.39, 0.29) is 6.61 Å². The summed E-state index contributed by atoms with van der Waals surface area (Å²) in [6, 6.07) is 7.79. The average Bonchev–Trinajstić information content (AvgIpc) is 2.27. The SMILES string of the molecule is COc1ccc(SCC(C)(N)CO)cc1. The summed E-state index contributed by atoms with van der Waals surface area (Å²) in [6.07, 6.45) is 0. The van der Waals surface area contributed by atoms with Crippen molar-refractivity contribution in [2.75, 3.05) is 19.5 Å². The number of thioether (sulfide) groups is 1. The van der Waals surface area contributed by atoms with Gasteiger partial charge in [0.1, 0.15) is 5.75 Å². The van der Waals surface area contributed by atoms with Crippen LogP contribution in [-0.4, -0.2) is 30.1 Å². The van der Waals surface area contributed by atoms with Gasteiger partial charge in [-0.25, -0.2) is 0 Å². The molecule has 1 atom stereocenters. The third-order valence-corrected chi connectivity index (χ3v) is 3.40. The van der Waals surface area contributed by atoms with Crippen LogP contribution in [0.4, 0.5) is 0 Å². The Bertz CT molecular complexity index is 298. The van der Waals surface area contributed by atoms with E-state index in [4.69, 9.17) is 15.6 Å². The molecule has 0 saturated heterocycles. The summed E-state index contributed by atoms with van der Waals surface area (Å²) in [5, 5.41) is 9.00. The van der Waals surface area contributed by atoms with E-state index in [1.165, 1.54) is 0 Å². The molecular formula is C11H17NO2S. The van der Waals surface area contributed by atoms with Gasteiger partial charge in [-0.15, -0.1) is 11.8 Å². The highest BCUT2D eigenvalue weighted by atomic mass is 32.2. The van der Waals surface area contributed by atoms with Gasteiger partial charge >= 0.3 is 0 Å². The summed E-state index contributed by atoms with van der Waals surface area (Å²) >= 11 is 1.63. The van der Waals surface area contributed by atoms with Crippen molar-refractivity contribution in [2.24, 2.45) is 5.73 Å². The number of rotatable bonds is 5. The topological polar surface area (TPSA) is 55.5 Å². The first-order valence-corrected chi connectivity index (χ1v) is 5.72. The van der Waals surface area contributed by atoms with E-state index in [1.54, 1.807) is 18.9 Å². The maximum atomic E-state index is 9.00. The monoisotopic (exact) mass is 227 g/mol. The third kappa shape index (κ3) is 4.11. The van der Waals surface area contributed by atoms with Gasteiger partial charge in [0.2, 0.25) is 0 Å². The van der Waals surface area contributed by atoms with Gasteiger partial charge in [-0.1, -0.05) is 0 Å². The Morgan fingerprint density at radius 1 is 1.40 bits per heavy atom. The highest BCUT2D eigenvalue weighted by molar-refractivity contribution is 7.99. The quantitative estimate of drug-likeness (QED) is 0.748. The Kier molecular flexibility index (Phi) is 4.45. The van der Waals surface area contributed by atoms with Gasteiger partial charge in [0.25, 0.3) is 0 Å². The molecule has 0 aromatic heterocycles. The van der Waals surface area contributed by atoms with Crippen molar-refractivity contribution < 1.29 is 9.84 Å². The molecule has 3 nitrogen and oxygen atoms in total. The first-order valence-electron chi connectivity index (χ1n) is 4.74. The lowest BCUT2D eigenvalue weighted by atomic mass is 10.1. The molecule has 4 heteroatoms. The Balaban J connectivity index is 2.51. The van der Waals surface area contributed by atoms with Crippen LogP contribution in [0.25, 0.3) is 0 Å². The second-order valence-electron chi connectivity index (χ2n) is 3.78. The molecule has 0 saturated carbocycles. The van der Waals surface area contributed by atoms with Crippen LogP contribution in [0.15, 0.2) is 29.2 Å². The van der Waals surface area contributed by atoms with E-state index in [2.05, 4.69) is 0 Å². The van der Waals surface area contributed by atoms with E-state index in [9.17, 15) is 0 Å². The van der Waals surface area contributed by atoms with Gasteiger partial charge in [0.05, 0.1) is 13.7 Å². The zero-order chi connectivity index (χ0) is 11.3. The van der Waals surface area contributed by atoms with Crippen molar-refractivity contribution in [1.82, 2.24) is 0 Å². The van der Waals surface area contributed by atoms with E-state index >= 15 is 0 Å². The Morgan fingerprint density at radius 2 is 2.00 bits per heavy atom. The number of hydrogen-bond donors (Lipinski definition) is 2. The first kappa shape index (κ1) is 12.4. The lowest BCUT2D eigenvalue weighted by Gasteiger charge is -2.20. The molecule has 0 aliphatic carbocycles. The molecule has 1 rings (SSSR count). The van der Waals surface area contributed by atoms with Crippen molar-refractivity contribution >= 4 is 11.8 Å². The molecular weight excluding hydrogens is 210 g/mol. The number of aliphatic hydroxyl groups is 1. The predicted molar refractivity (Wildman–Crippen MR) is 63.4 cm³/mol. The molecule has 1 aromatic rings. The number of aliphatic hydroxyl groups excluding tert-OH is 1. The molecule has 0 aliphatic rings. The minimum absolute atomic E-state index is 0.00381. The molecule has 15 heavy (non-hydrogen) atoms. The molecule has 0 aliphatic heterocycles. The van der Waals surface area contributed by atoms with Crippen molar-refractivity contribution in [3.63, 3.8) is 0 Å². The molecule has 1 aromatic carbocycles. The summed E-state index contributed by atoms with van der Waals surface area (Å²) in [6.45, 7) is 1.83. The van der Waals surface area contributed by atoms with Crippen LogP contribution in [0.1, 0.15) is 6.92 Å². The minimum Gasteiger partial charge on any atom is -0.497 e. The molecule has 0 heterocycles. The van der Waals surface area contributed by atoms with Gasteiger partial charge in [0.15, 0.2) is 0 Å². The summed E-state index contributed by atoms with van der Waals surface area (Å²) in [5.41, 5.74) is 5.30. The van der Waals surface area contributed by atoms with E-state index in [0.29, 0.717) is 5.75 Å². The standard InChI is InChI=1S/C11H17NO2S/c1-11(12,7-13)8-15-10-5-3-9(14-2)4-6-10/h3-6,13H,7-8,12H2,1-2H3. The fourth-order valence-electron chi connectivity index (χ4n) is 0.966. The molecule has 0 spiro atoms.